The molecule has 1 N–H and O–H groups in total. The molecule has 0 bridgehead atoms. The minimum atomic E-state index is 0.205. The fourth-order valence-electron chi connectivity index (χ4n) is 1.40. The zero-order valence-corrected chi connectivity index (χ0v) is 10.7. The molecule has 0 saturated carbocycles. The first-order valence-electron chi connectivity index (χ1n) is 5.52. The maximum Gasteiger partial charge on any atom is 0.137 e. The lowest BCUT2D eigenvalue weighted by molar-refractivity contribution is 0.141. The molecule has 1 aromatic heterocycles. The topological polar surface area (TPSA) is 47.0 Å². The van der Waals surface area contributed by atoms with Crippen LogP contribution < -0.4 is 5.32 Å². The molecule has 0 aliphatic carbocycles. The van der Waals surface area contributed by atoms with E-state index in [2.05, 4.69) is 15.3 Å². The van der Waals surface area contributed by atoms with Gasteiger partial charge in [-0.05, 0) is 20.3 Å². The average Bonchev–Trinajstić information content (AvgIpc) is 2.27. The molecule has 0 aliphatic heterocycles. The van der Waals surface area contributed by atoms with Crippen LogP contribution in [-0.4, -0.2) is 29.2 Å². The average molecular weight is 244 g/mol. The molecule has 4 nitrogen and oxygen atoms in total. The highest BCUT2D eigenvalue weighted by molar-refractivity contribution is 6.30. The van der Waals surface area contributed by atoms with Gasteiger partial charge in [0.2, 0.25) is 0 Å². The van der Waals surface area contributed by atoms with Crippen molar-refractivity contribution in [3.8, 4) is 0 Å². The fourth-order valence-corrected chi connectivity index (χ4v) is 1.66. The second kappa shape index (κ2) is 6.66. The Morgan fingerprint density at radius 1 is 1.44 bits per heavy atom. The van der Waals surface area contributed by atoms with Crippen LogP contribution in [0.4, 0.5) is 5.82 Å². The summed E-state index contributed by atoms with van der Waals surface area (Å²) in [6.45, 7) is 7.43. The van der Waals surface area contributed by atoms with Crippen LogP contribution in [0.3, 0.4) is 0 Å². The van der Waals surface area contributed by atoms with Crippen molar-refractivity contribution in [2.24, 2.45) is 0 Å². The molecular weight excluding hydrogens is 226 g/mol. The summed E-state index contributed by atoms with van der Waals surface area (Å²) in [5.74, 6) is 0.801. The molecule has 90 valence electrons. The number of ether oxygens (including phenoxy) is 1. The SMILES string of the molecule is CCOCC(C)Nc1ncnc(Cl)c1CC. The van der Waals surface area contributed by atoms with Gasteiger partial charge in [-0.1, -0.05) is 18.5 Å². The summed E-state index contributed by atoms with van der Waals surface area (Å²) >= 11 is 5.99. The van der Waals surface area contributed by atoms with Crippen LogP contribution in [0, 0.1) is 0 Å². The minimum absolute atomic E-state index is 0.205. The van der Waals surface area contributed by atoms with Crippen LogP contribution in [0.5, 0.6) is 0 Å². The number of nitrogens with one attached hydrogen (secondary N) is 1. The zero-order valence-electron chi connectivity index (χ0n) is 9.96. The van der Waals surface area contributed by atoms with Crippen LogP contribution in [-0.2, 0) is 11.2 Å². The number of rotatable bonds is 6. The van der Waals surface area contributed by atoms with Crippen molar-refractivity contribution in [3.63, 3.8) is 0 Å². The predicted molar refractivity (Wildman–Crippen MR) is 66.0 cm³/mol. The summed E-state index contributed by atoms with van der Waals surface area (Å²) < 4.78 is 5.33. The van der Waals surface area contributed by atoms with Crippen LogP contribution >= 0.6 is 11.6 Å². The molecule has 5 heteroatoms. The van der Waals surface area contributed by atoms with Gasteiger partial charge in [-0.3, -0.25) is 0 Å². The molecule has 0 fully saturated rings. The molecule has 0 spiro atoms. The third kappa shape index (κ3) is 3.61. The van der Waals surface area contributed by atoms with E-state index in [4.69, 9.17) is 16.3 Å². The van der Waals surface area contributed by atoms with Gasteiger partial charge in [0, 0.05) is 18.2 Å². The summed E-state index contributed by atoms with van der Waals surface area (Å²) in [6.07, 6.45) is 2.28. The molecule has 0 amide bonds. The lowest BCUT2D eigenvalue weighted by atomic mass is 10.2. The van der Waals surface area contributed by atoms with E-state index in [1.165, 1.54) is 6.33 Å². The molecule has 1 aromatic rings. The van der Waals surface area contributed by atoms with E-state index in [0.717, 1.165) is 24.4 Å². The Morgan fingerprint density at radius 3 is 2.81 bits per heavy atom. The Morgan fingerprint density at radius 2 is 2.19 bits per heavy atom. The normalized spacial score (nSPS) is 12.5. The fraction of sp³-hybridized carbons (Fsp3) is 0.636. The van der Waals surface area contributed by atoms with E-state index < -0.39 is 0 Å². The summed E-state index contributed by atoms with van der Waals surface area (Å²) in [7, 11) is 0. The van der Waals surface area contributed by atoms with Gasteiger partial charge in [0.05, 0.1) is 6.61 Å². The monoisotopic (exact) mass is 243 g/mol. The Labute approximate surface area is 101 Å². The second-order valence-corrected chi connectivity index (χ2v) is 3.91. The van der Waals surface area contributed by atoms with Crippen molar-refractivity contribution in [2.75, 3.05) is 18.5 Å². The summed E-state index contributed by atoms with van der Waals surface area (Å²) in [5, 5.41) is 3.79. The van der Waals surface area contributed by atoms with Crippen LogP contribution in [0.1, 0.15) is 26.3 Å². The molecule has 16 heavy (non-hydrogen) atoms. The quantitative estimate of drug-likeness (QED) is 0.780. The molecular formula is C11H18ClN3O. The van der Waals surface area contributed by atoms with E-state index in [1.807, 2.05) is 20.8 Å². The molecule has 0 aliphatic rings. The third-order valence-electron chi connectivity index (χ3n) is 2.20. The molecule has 1 heterocycles. The van der Waals surface area contributed by atoms with Gasteiger partial charge in [-0.2, -0.15) is 0 Å². The maximum absolute atomic E-state index is 5.99. The molecule has 1 atom stereocenters. The predicted octanol–water partition coefficient (Wildman–Crippen LogP) is 2.53. The van der Waals surface area contributed by atoms with E-state index in [-0.39, 0.29) is 6.04 Å². The Balaban J connectivity index is 2.69. The van der Waals surface area contributed by atoms with Crippen molar-refractivity contribution in [2.45, 2.75) is 33.2 Å². The third-order valence-corrected chi connectivity index (χ3v) is 2.53. The van der Waals surface area contributed by atoms with Crippen molar-refractivity contribution >= 4 is 17.4 Å². The van der Waals surface area contributed by atoms with Gasteiger partial charge in [-0.25, -0.2) is 9.97 Å². The highest BCUT2D eigenvalue weighted by atomic mass is 35.5. The number of aromatic nitrogens is 2. The van der Waals surface area contributed by atoms with E-state index in [0.29, 0.717) is 11.8 Å². The van der Waals surface area contributed by atoms with Crippen molar-refractivity contribution in [1.82, 2.24) is 9.97 Å². The van der Waals surface area contributed by atoms with Crippen molar-refractivity contribution in [3.05, 3.63) is 17.0 Å². The van der Waals surface area contributed by atoms with E-state index in [1.54, 1.807) is 0 Å². The first-order valence-corrected chi connectivity index (χ1v) is 5.90. The van der Waals surface area contributed by atoms with Gasteiger partial charge in [0.15, 0.2) is 0 Å². The lowest BCUT2D eigenvalue weighted by Crippen LogP contribution is -2.23. The van der Waals surface area contributed by atoms with E-state index >= 15 is 0 Å². The maximum atomic E-state index is 5.99. The van der Waals surface area contributed by atoms with Gasteiger partial charge in [-0.15, -0.1) is 0 Å². The minimum Gasteiger partial charge on any atom is -0.380 e. The highest BCUT2D eigenvalue weighted by Crippen LogP contribution is 2.20. The smallest absolute Gasteiger partial charge is 0.137 e. The van der Waals surface area contributed by atoms with Crippen LogP contribution in [0.2, 0.25) is 5.15 Å². The van der Waals surface area contributed by atoms with Gasteiger partial charge in [0.1, 0.15) is 17.3 Å². The zero-order chi connectivity index (χ0) is 12.0. The molecule has 0 aromatic carbocycles. The number of halogens is 1. The second-order valence-electron chi connectivity index (χ2n) is 3.55. The number of anilines is 1. The first kappa shape index (κ1) is 13.2. The Hall–Kier alpha value is -0.870. The summed E-state index contributed by atoms with van der Waals surface area (Å²) in [5.41, 5.74) is 0.951. The molecule has 0 radical (unpaired) electrons. The van der Waals surface area contributed by atoms with Gasteiger partial charge < -0.3 is 10.1 Å². The van der Waals surface area contributed by atoms with Crippen LogP contribution in [0.15, 0.2) is 6.33 Å². The summed E-state index contributed by atoms with van der Waals surface area (Å²) in [6, 6.07) is 0.205. The Bertz CT molecular complexity index is 333. The first-order chi connectivity index (χ1) is 7.69. The highest BCUT2D eigenvalue weighted by Gasteiger charge is 2.10. The van der Waals surface area contributed by atoms with Crippen molar-refractivity contribution < 1.29 is 4.74 Å². The van der Waals surface area contributed by atoms with Crippen LogP contribution in [0.25, 0.3) is 0 Å². The molecule has 0 saturated heterocycles. The number of hydrogen-bond acceptors (Lipinski definition) is 4. The van der Waals surface area contributed by atoms with Gasteiger partial charge >= 0.3 is 0 Å². The summed E-state index contributed by atoms with van der Waals surface area (Å²) in [4.78, 5) is 8.16. The number of nitrogens with zero attached hydrogens (tertiary/aromatic N) is 2. The Kier molecular flexibility index (Phi) is 5.49. The van der Waals surface area contributed by atoms with Gasteiger partial charge in [0.25, 0.3) is 0 Å². The van der Waals surface area contributed by atoms with E-state index in [9.17, 15) is 0 Å². The number of hydrogen-bond donors (Lipinski definition) is 1. The molecule has 1 unspecified atom stereocenters. The lowest BCUT2D eigenvalue weighted by Gasteiger charge is -2.16. The standard InChI is InChI=1S/C11H18ClN3O/c1-4-9-10(12)13-7-14-11(9)15-8(3)6-16-5-2/h7-8H,4-6H2,1-3H3,(H,13,14,15). The van der Waals surface area contributed by atoms with Crippen molar-refractivity contribution in [1.29, 1.82) is 0 Å². The largest absolute Gasteiger partial charge is 0.380 e. The molecule has 1 rings (SSSR count).